The van der Waals surface area contributed by atoms with Crippen molar-refractivity contribution >= 4 is 10.8 Å². The summed E-state index contributed by atoms with van der Waals surface area (Å²) in [4.78, 5) is 0. The lowest BCUT2D eigenvalue weighted by molar-refractivity contribution is -0.274. The molecule has 188 valence electrons. The van der Waals surface area contributed by atoms with Gasteiger partial charge in [-0.2, -0.15) is 0 Å². The number of halogens is 5. The average Bonchev–Trinajstić information content (AvgIpc) is 2.83. The van der Waals surface area contributed by atoms with Gasteiger partial charge in [0.25, 0.3) is 0 Å². The monoisotopic (exact) mass is 498 g/mol. The number of hydrogen-bond acceptors (Lipinski definition) is 1. The highest BCUT2D eigenvalue weighted by Gasteiger charge is 2.31. The van der Waals surface area contributed by atoms with Crippen molar-refractivity contribution in [3.05, 3.63) is 90.0 Å². The van der Waals surface area contributed by atoms with Crippen LogP contribution in [-0.4, -0.2) is 6.36 Å². The lowest BCUT2D eigenvalue weighted by Crippen LogP contribution is -2.16. The van der Waals surface area contributed by atoms with Gasteiger partial charge in [0.1, 0.15) is 17.4 Å². The second-order valence-electron chi connectivity index (χ2n) is 8.95. The molecule has 4 aromatic carbocycles. The van der Waals surface area contributed by atoms with Crippen LogP contribution in [-0.2, 0) is 6.42 Å². The van der Waals surface area contributed by atoms with Crippen molar-refractivity contribution in [3.8, 4) is 28.0 Å². The average molecular weight is 499 g/mol. The summed E-state index contributed by atoms with van der Waals surface area (Å²) in [5.74, 6) is -2.06. The van der Waals surface area contributed by atoms with Gasteiger partial charge in [-0.05, 0) is 76.2 Å². The summed E-state index contributed by atoms with van der Waals surface area (Å²) in [6.45, 7) is 2.20. The SMILES string of the molecule is CCCCCCCc1ccc2cc(-c3cc(F)c(-c4ccc(OC(F)(F)F)cc4)c(F)c3)ccc2c1. The summed E-state index contributed by atoms with van der Waals surface area (Å²) in [7, 11) is 0. The summed E-state index contributed by atoms with van der Waals surface area (Å²) in [6.07, 6.45) is 2.33. The van der Waals surface area contributed by atoms with Gasteiger partial charge in [-0.1, -0.05) is 75.1 Å². The van der Waals surface area contributed by atoms with Crippen LogP contribution in [0, 0.1) is 11.6 Å². The highest BCUT2D eigenvalue weighted by Crippen LogP contribution is 2.34. The topological polar surface area (TPSA) is 9.23 Å². The molecule has 0 saturated carbocycles. The quantitative estimate of drug-likeness (QED) is 0.165. The number of unbranched alkanes of at least 4 members (excludes halogenated alkanes) is 4. The van der Waals surface area contributed by atoms with Gasteiger partial charge in [0.05, 0.1) is 5.56 Å². The Bertz CT molecular complexity index is 1300. The predicted molar refractivity (Wildman–Crippen MR) is 134 cm³/mol. The number of rotatable bonds is 9. The van der Waals surface area contributed by atoms with E-state index >= 15 is 0 Å². The highest BCUT2D eigenvalue weighted by molar-refractivity contribution is 5.88. The van der Waals surface area contributed by atoms with Gasteiger partial charge >= 0.3 is 6.36 Å². The Morgan fingerprint density at radius 2 is 1.25 bits per heavy atom. The van der Waals surface area contributed by atoms with Crippen molar-refractivity contribution in [2.45, 2.75) is 51.8 Å². The van der Waals surface area contributed by atoms with Crippen molar-refractivity contribution < 1.29 is 26.7 Å². The Balaban J connectivity index is 1.53. The molecule has 0 aliphatic heterocycles. The molecule has 6 heteroatoms. The van der Waals surface area contributed by atoms with Gasteiger partial charge in [-0.25, -0.2) is 8.78 Å². The summed E-state index contributed by atoms with van der Waals surface area (Å²) in [6, 6.07) is 18.9. The fraction of sp³-hybridized carbons (Fsp3) is 0.267. The van der Waals surface area contributed by atoms with Crippen LogP contribution in [0.3, 0.4) is 0 Å². The lowest BCUT2D eigenvalue weighted by Gasteiger charge is -2.12. The van der Waals surface area contributed by atoms with Gasteiger partial charge in [-0.3, -0.25) is 0 Å². The molecule has 0 unspecified atom stereocenters. The number of alkyl halides is 3. The Morgan fingerprint density at radius 1 is 0.639 bits per heavy atom. The maximum atomic E-state index is 15.0. The molecule has 0 spiro atoms. The first-order valence-corrected chi connectivity index (χ1v) is 12.1. The Labute approximate surface area is 207 Å². The lowest BCUT2D eigenvalue weighted by atomic mass is 9.96. The Morgan fingerprint density at radius 3 is 1.92 bits per heavy atom. The number of fused-ring (bicyclic) bond motifs is 1. The zero-order chi connectivity index (χ0) is 25.7. The van der Waals surface area contributed by atoms with Gasteiger partial charge in [-0.15, -0.1) is 13.2 Å². The molecule has 0 atom stereocenters. The summed E-state index contributed by atoms with van der Waals surface area (Å²) >= 11 is 0. The van der Waals surface area contributed by atoms with Crippen molar-refractivity contribution in [1.29, 1.82) is 0 Å². The highest BCUT2D eigenvalue weighted by atomic mass is 19.4. The van der Waals surface area contributed by atoms with Gasteiger partial charge in [0.2, 0.25) is 0 Å². The fourth-order valence-corrected chi connectivity index (χ4v) is 4.40. The molecule has 0 amide bonds. The normalized spacial score (nSPS) is 11.7. The van der Waals surface area contributed by atoms with Crippen LogP contribution in [0.2, 0.25) is 0 Å². The number of ether oxygens (including phenoxy) is 1. The van der Waals surface area contributed by atoms with E-state index in [1.54, 1.807) is 0 Å². The molecule has 0 radical (unpaired) electrons. The molecule has 0 N–H and O–H groups in total. The van der Waals surface area contributed by atoms with E-state index in [2.05, 4.69) is 23.8 Å². The molecule has 0 heterocycles. The second-order valence-corrected chi connectivity index (χ2v) is 8.95. The van der Waals surface area contributed by atoms with Crippen LogP contribution < -0.4 is 4.74 Å². The van der Waals surface area contributed by atoms with Crippen molar-refractivity contribution in [2.24, 2.45) is 0 Å². The molecular formula is C30H27F5O. The van der Waals surface area contributed by atoms with E-state index in [4.69, 9.17) is 0 Å². The van der Waals surface area contributed by atoms with E-state index in [9.17, 15) is 22.0 Å². The molecule has 0 fully saturated rings. The molecule has 36 heavy (non-hydrogen) atoms. The van der Waals surface area contributed by atoms with Crippen molar-refractivity contribution in [3.63, 3.8) is 0 Å². The van der Waals surface area contributed by atoms with Gasteiger partial charge in [0.15, 0.2) is 0 Å². The molecule has 4 aromatic rings. The van der Waals surface area contributed by atoms with Crippen LogP contribution in [0.1, 0.15) is 44.6 Å². The predicted octanol–water partition coefficient (Wildman–Crippen LogP) is 9.86. The fourth-order valence-electron chi connectivity index (χ4n) is 4.40. The van der Waals surface area contributed by atoms with E-state index in [1.165, 1.54) is 55.5 Å². The Kier molecular flexibility index (Phi) is 7.92. The van der Waals surface area contributed by atoms with E-state index in [0.717, 1.165) is 35.7 Å². The minimum absolute atomic E-state index is 0.117. The maximum Gasteiger partial charge on any atom is 0.573 e. The third-order valence-corrected chi connectivity index (χ3v) is 6.23. The molecule has 0 aliphatic rings. The number of benzene rings is 4. The van der Waals surface area contributed by atoms with E-state index in [0.29, 0.717) is 11.1 Å². The van der Waals surface area contributed by atoms with E-state index in [1.807, 2.05) is 24.3 Å². The molecule has 0 aliphatic carbocycles. The van der Waals surface area contributed by atoms with Crippen molar-refractivity contribution in [2.75, 3.05) is 0 Å². The first-order chi connectivity index (χ1) is 17.2. The third-order valence-electron chi connectivity index (χ3n) is 6.23. The largest absolute Gasteiger partial charge is 0.573 e. The number of hydrogen-bond donors (Lipinski definition) is 0. The minimum Gasteiger partial charge on any atom is -0.406 e. The van der Waals surface area contributed by atoms with Crippen LogP contribution in [0.5, 0.6) is 5.75 Å². The van der Waals surface area contributed by atoms with Crippen LogP contribution in [0.4, 0.5) is 22.0 Å². The van der Waals surface area contributed by atoms with Gasteiger partial charge in [0, 0.05) is 0 Å². The van der Waals surface area contributed by atoms with E-state index in [-0.39, 0.29) is 11.1 Å². The van der Waals surface area contributed by atoms with E-state index < -0.39 is 23.7 Å². The summed E-state index contributed by atoms with van der Waals surface area (Å²) in [5.41, 5.74) is 2.15. The molecule has 4 rings (SSSR count). The molecular weight excluding hydrogens is 471 g/mol. The molecule has 1 nitrogen and oxygen atoms in total. The van der Waals surface area contributed by atoms with Crippen molar-refractivity contribution in [1.82, 2.24) is 0 Å². The van der Waals surface area contributed by atoms with Crippen LogP contribution >= 0.6 is 0 Å². The first-order valence-electron chi connectivity index (χ1n) is 12.1. The minimum atomic E-state index is -4.84. The van der Waals surface area contributed by atoms with Crippen LogP contribution in [0.15, 0.2) is 72.8 Å². The third kappa shape index (κ3) is 6.42. The van der Waals surface area contributed by atoms with Crippen LogP contribution in [0.25, 0.3) is 33.0 Å². The summed E-state index contributed by atoms with van der Waals surface area (Å²) < 4.78 is 70.8. The second kappa shape index (κ2) is 11.1. The molecule has 0 saturated heterocycles. The first kappa shape index (κ1) is 25.7. The smallest absolute Gasteiger partial charge is 0.406 e. The molecule has 0 aromatic heterocycles. The standard InChI is InChI=1S/C30H27F5O/c1-2-3-4-5-6-7-20-8-9-23-17-24(11-10-22(23)16-20)25-18-27(31)29(28(32)19-25)21-12-14-26(15-13-21)36-30(33,34)35/h8-19H,2-7H2,1H3. The zero-order valence-electron chi connectivity index (χ0n) is 20.0. The Hall–Kier alpha value is -3.41. The zero-order valence-corrected chi connectivity index (χ0v) is 20.0. The number of aryl methyl sites for hydroxylation is 1. The summed E-state index contributed by atoms with van der Waals surface area (Å²) in [5, 5.41) is 2.05. The molecule has 0 bridgehead atoms. The van der Waals surface area contributed by atoms with Gasteiger partial charge < -0.3 is 4.74 Å². The maximum absolute atomic E-state index is 15.0.